The van der Waals surface area contributed by atoms with Crippen molar-refractivity contribution < 1.29 is 4.79 Å². The van der Waals surface area contributed by atoms with E-state index in [1.54, 1.807) is 17.0 Å². The number of carbonyl (C=O) groups is 1. The smallest absolute Gasteiger partial charge is 0.256 e. The van der Waals surface area contributed by atoms with Crippen molar-refractivity contribution in [3.05, 3.63) is 27.7 Å². The first-order valence-electron chi connectivity index (χ1n) is 6.85. The van der Waals surface area contributed by atoms with Gasteiger partial charge in [0, 0.05) is 18.8 Å². The second-order valence-electron chi connectivity index (χ2n) is 4.77. The van der Waals surface area contributed by atoms with Gasteiger partial charge in [-0.15, -0.1) is 11.8 Å². The number of hydrogen-bond acceptors (Lipinski definition) is 5. The molecule has 1 heterocycles. The Hall–Kier alpha value is -1.29. The molecule has 1 aliphatic rings. The summed E-state index contributed by atoms with van der Waals surface area (Å²) in [5.74, 6) is 1.02. The van der Waals surface area contributed by atoms with Crippen molar-refractivity contribution in [1.82, 2.24) is 10.2 Å². The quantitative estimate of drug-likeness (QED) is 0.353. The van der Waals surface area contributed by atoms with Crippen LogP contribution in [-0.2, 0) is 0 Å². The lowest BCUT2D eigenvalue weighted by atomic mass is 10.1. The molecule has 1 aromatic rings. The molecule has 22 heavy (non-hydrogen) atoms. The molecule has 1 amide bonds. The zero-order valence-corrected chi connectivity index (χ0v) is 14.2. The van der Waals surface area contributed by atoms with Crippen LogP contribution in [0.25, 0.3) is 0 Å². The highest BCUT2D eigenvalue weighted by molar-refractivity contribution is 7.99. The van der Waals surface area contributed by atoms with E-state index in [9.17, 15) is 4.79 Å². The third kappa shape index (κ3) is 4.35. The van der Waals surface area contributed by atoms with E-state index >= 15 is 0 Å². The van der Waals surface area contributed by atoms with Crippen molar-refractivity contribution >= 4 is 46.6 Å². The molecule has 0 bridgehead atoms. The minimum atomic E-state index is -0.105. The number of nitrogens with zero attached hydrogens (tertiary/aromatic N) is 2. The van der Waals surface area contributed by atoms with Gasteiger partial charge in [-0.2, -0.15) is 5.26 Å². The largest absolute Gasteiger partial charge is 0.376 e. The van der Waals surface area contributed by atoms with Gasteiger partial charge in [-0.05, 0) is 25.0 Å². The Bertz CT molecular complexity index is 562. The van der Waals surface area contributed by atoms with Gasteiger partial charge in [0.15, 0.2) is 6.19 Å². The SMILES string of the molecule is N#CNCSCNc1cc(Cl)c(C(=O)N2CCCC2)c(Cl)c1. The molecular weight excluding hydrogens is 343 g/mol. The van der Waals surface area contributed by atoms with Crippen LogP contribution >= 0.6 is 35.0 Å². The van der Waals surface area contributed by atoms with E-state index in [4.69, 9.17) is 28.5 Å². The number of halogens is 2. The molecule has 118 valence electrons. The summed E-state index contributed by atoms with van der Waals surface area (Å²) in [6.45, 7) is 1.52. The Balaban J connectivity index is 2.01. The Morgan fingerprint density at radius 2 is 1.91 bits per heavy atom. The van der Waals surface area contributed by atoms with Crippen molar-refractivity contribution in [2.24, 2.45) is 0 Å². The maximum absolute atomic E-state index is 12.4. The number of amides is 1. The summed E-state index contributed by atoms with van der Waals surface area (Å²) in [6, 6.07) is 3.41. The molecule has 2 rings (SSSR count). The van der Waals surface area contributed by atoms with Crippen LogP contribution in [0.2, 0.25) is 10.0 Å². The van der Waals surface area contributed by atoms with Crippen molar-refractivity contribution in [3.63, 3.8) is 0 Å². The van der Waals surface area contributed by atoms with Gasteiger partial charge < -0.3 is 15.5 Å². The maximum atomic E-state index is 12.4. The molecule has 1 aliphatic heterocycles. The number of thioether (sulfide) groups is 1. The topological polar surface area (TPSA) is 68.2 Å². The van der Waals surface area contributed by atoms with Crippen LogP contribution in [0.4, 0.5) is 5.69 Å². The third-order valence-corrected chi connectivity index (χ3v) is 4.57. The first-order valence-corrected chi connectivity index (χ1v) is 8.76. The molecule has 0 saturated carbocycles. The van der Waals surface area contributed by atoms with Crippen LogP contribution in [0.3, 0.4) is 0 Å². The van der Waals surface area contributed by atoms with Crippen LogP contribution in [0.1, 0.15) is 23.2 Å². The van der Waals surface area contributed by atoms with E-state index < -0.39 is 0 Å². The summed E-state index contributed by atoms with van der Waals surface area (Å²) in [7, 11) is 0. The Labute approximate surface area is 143 Å². The average Bonchev–Trinajstić information content (AvgIpc) is 3.00. The zero-order chi connectivity index (χ0) is 15.9. The highest BCUT2D eigenvalue weighted by Crippen LogP contribution is 2.31. The normalized spacial score (nSPS) is 13.8. The lowest BCUT2D eigenvalue weighted by Crippen LogP contribution is -2.28. The molecule has 2 N–H and O–H groups in total. The Morgan fingerprint density at radius 1 is 1.27 bits per heavy atom. The van der Waals surface area contributed by atoms with Gasteiger partial charge in [0.1, 0.15) is 0 Å². The van der Waals surface area contributed by atoms with Gasteiger partial charge in [0.25, 0.3) is 5.91 Å². The predicted molar refractivity (Wildman–Crippen MR) is 91.3 cm³/mol. The number of rotatable bonds is 6. The molecule has 0 aromatic heterocycles. The van der Waals surface area contributed by atoms with Gasteiger partial charge in [-0.25, -0.2) is 0 Å². The second-order valence-corrected chi connectivity index (χ2v) is 6.57. The van der Waals surface area contributed by atoms with Gasteiger partial charge in [-0.3, -0.25) is 4.79 Å². The molecule has 8 heteroatoms. The summed E-state index contributed by atoms with van der Waals surface area (Å²) in [5.41, 5.74) is 1.12. The first kappa shape index (κ1) is 17.1. The molecule has 1 fully saturated rings. The lowest BCUT2D eigenvalue weighted by molar-refractivity contribution is 0.0793. The first-order chi connectivity index (χ1) is 10.6. The van der Waals surface area contributed by atoms with Crippen LogP contribution in [-0.4, -0.2) is 35.7 Å². The van der Waals surface area contributed by atoms with Gasteiger partial charge >= 0.3 is 0 Å². The van der Waals surface area contributed by atoms with Crippen LogP contribution in [0, 0.1) is 11.5 Å². The molecule has 0 unspecified atom stereocenters. The molecule has 1 aromatic carbocycles. The second kappa shape index (κ2) is 8.37. The van der Waals surface area contributed by atoms with Crippen molar-refractivity contribution in [2.45, 2.75) is 12.8 Å². The third-order valence-electron chi connectivity index (χ3n) is 3.28. The van der Waals surface area contributed by atoms with Crippen molar-refractivity contribution in [3.8, 4) is 6.19 Å². The zero-order valence-electron chi connectivity index (χ0n) is 11.9. The molecular formula is C14H16Cl2N4OS. The summed E-state index contributed by atoms with van der Waals surface area (Å²) in [5, 5.41) is 14.7. The van der Waals surface area contributed by atoms with Crippen LogP contribution in [0.15, 0.2) is 12.1 Å². The number of hydrogen-bond donors (Lipinski definition) is 2. The van der Waals surface area contributed by atoms with Crippen LogP contribution < -0.4 is 10.6 Å². The monoisotopic (exact) mass is 358 g/mol. The number of nitriles is 1. The fourth-order valence-electron chi connectivity index (χ4n) is 2.23. The minimum Gasteiger partial charge on any atom is -0.376 e. The highest BCUT2D eigenvalue weighted by atomic mass is 35.5. The molecule has 5 nitrogen and oxygen atoms in total. The van der Waals surface area contributed by atoms with Crippen LogP contribution in [0.5, 0.6) is 0 Å². The summed E-state index contributed by atoms with van der Waals surface area (Å²) >= 11 is 14.0. The number of likely N-dealkylation sites (tertiary alicyclic amines) is 1. The highest BCUT2D eigenvalue weighted by Gasteiger charge is 2.24. The molecule has 1 saturated heterocycles. The summed E-state index contributed by atoms with van der Waals surface area (Å²) in [4.78, 5) is 14.2. The number of anilines is 1. The fraction of sp³-hybridized carbons (Fsp3) is 0.429. The average molecular weight is 359 g/mol. The van der Waals surface area contributed by atoms with E-state index in [0.29, 0.717) is 27.4 Å². The van der Waals surface area contributed by atoms with Gasteiger partial charge in [-0.1, -0.05) is 23.2 Å². The van der Waals surface area contributed by atoms with E-state index in [0.717, 1.165) is 31.6 Å². The van der Waals surface area contributed by atoms with Crippen molar-refractivity contribution in [2.75, 3.05) is 30.2 Å². The fourth-order valence-corrected chi connectivity index (χ4v) is 3.41. The summed E-state index contributed by atoms with van der Waals surface area (Å²) in [6.07, 6.45) is 3.89. The maximum Gasteiger partial charge on any atom is 0.256 e. The minimum absolute atomic E-state index is 0.105. The summed E-state index contributed by atoms with van der Waals surface area (Å²) < 4.78 is 0. The molecule has 0 spiro atoms. The number of nitrogens with one attached hydrogen (secondary N) is 2. The van der Waals surface area contributed by atoms with Gasteiger partial charge in [0.2, 0.25) is 0 Å². The van der Waals surface area contributed by atoms with E-state index in [1.165, 1.54) is 11.8 Å². The van der Waals surface area contributed by atoms with Gasteiger partial charge in [0.05, 0.1) is 27.4 Å². The number of benzene rings is 1. The van der Waals surface area contributed by atoms with E-state index in [1.807, 2.05) is 6.19 Å². The molecule has 0 radical (unpaired) electrons. The molecule has 0 aliphatic carbocycles. The Morgan fingerprint density at radius 3 is 2.50 bits per heavy atom. The number of carbonyl (C=O) groups excluding carboxylic acids is 1. The van der Waals surface area contributed by atoms with E-state index in [-0.39, 0.29) is 5.91 Å². The predicted octanol–water partition coefficient (Wildman–Crippen LogP) is 3.36. The van der Waals surface area contributed by atoms with E-state index in [2.05, 4.69) is 10.6 Å². The Kier molecular flexibility index (Phi) is 6.49. The van der Waals surface area contributed by atoms with Crippen molar-refractivity contribution in [1.29, 1.82) is 5.26 Å². The standard InChI is InChI=1S/C14H16Cl2N4OS/c15-11-5-10(19-9-22-8-18-7-17)6-12(16)13(11)14(21)20-3-1-2-4-20/h5-6,18-19H,1-4,8-9H2. The molecule has 0 atom stereocenters. The lowest BCUT2D eigenvalue weighted by Gasteiger charge is -2.18.